The van der Waals surface area contributed by atoms with Gasteiger partial charge in [-0.05, 0) is 0 Å². The second-order valence-corrected chi connectivity index (χ2v) is 5.59. The molecule has 0 aliphatic rings. The Labute approximate surface area is 139 Å². The Morgan fingerprint density at radius 3 is 2.67 bits per heavy atom. The van der Waals surface area contributed by atoms with Gasteiger partial charge in [-0.15, -0.1) is 0 Å². The van der Waals surface area contributed by atoms with Crippen molar-refractivity contribution in [3.63, 3.8) is 0 Å². The Hall–Kier alpha value is -2.16. The van der Waals surface area contributed by atoms with Gasteiger partial charge in [0.1, 0.15) is 11.5 Å². The second kappa shape index (κ2) is 6.76. The second-order valence-electron chi connectivity index (χ2n) is 5.23. The lowest BCUT2D eigenvalue weighted by atomic mass is 10.1. The molecule has 130 valence electrons. The highest BCUT2D eigenvalue weighted by molar-refractivity contribution is 6.32. The van der Waals surface area contributed by atoms with E-state index in [4.69, 9.17) is 11.6 Å². The molecule has 0 saturated heterocycles. The lowest BCUT2D eigenvalue weighted by Gasteiger charge is -2.21. The van der Waals surface area contributed by atoms with Gasteiger partial charge in [-0.3, -0.25) is 9.78 Å². The van der Waals surface area contributed by atoms with E-state index in [2.05, 4.69) is 10.1 Å². The number of nitrogens with zero attached hydrogens (tertiary/aromatic N) is 4. The molecule has 2 rings (SSSR count). The lowest BCUT2D eigenvalue weighted by molar-refractivity contribution is -0.151. The third-order valence-electron chi connectivity index (χ3n) is 3.26. The van der Waals surface area contributed by atoms with E-state index in [1.807, 2.05) is 0 Å². The Bertz CT molecular complexity index is 747. The molecule has 0 N–H and O–H groups in total. The Morgan fingerprint density at radius 1 is 1.42 bits per heavy atom. The molecular formula is C14H13ClF4N4O. The van der Waals surface area contributed by atoms with E-state index in [1.165, 1.54) is 31.0 Å². The quantitative estimate of drug-likeness (QED) is 0.779. The number of pyridine rings is 1. The molecule has 0 spiro atoms. The van der Waals surface area contributed by atoms with E-state index >= 15 is 0 Å². The maximum atomic E-state index is 13.2. The van der Waals surface area contributed by atoms with E-state index < -0.39 is 30.2 Å². The van der Waals surface area contributed by atoms with Crippen LogP contribution in [0.5, 0.6) is 0 Å². The molecule has 2 heterocycles. The van der Waals surface area contributed by atoms with Crippen LogP contribution in [0, 0.1) is 11.7 Å². The number of rotatable bonds is 4. The Kier molecular flexibility index (Phi) is 5.12. The van der Waals surface area contributed by atoms with Crippen molar-refractivity contribution >= 4 is 23.2 Å². The molecule has 0 radical (unpaired) electrons. The molecule has 0 saturated carbocycles. The summed E-state index contributed by atoms with van der Waals surface area (Å²) < 4.78 is 51.6. The van der Waals surface area contributed by atoms with Gasteiger partial charge in [0.05, 0.1) is 30.7 Å². The summed E-state index contributed by atoms with van der Waals surface area (Å²) in [6.07, 6.45) is -2.04. The summed E-state index contributed by atoms with van der Waals surface area (Å²) in [7, 11) is 1.30. The van der Waals surface area contributed by atoms with Crippen LogP contribution in [0.1, 0.15) is 13.3 Å². The van der Waals surface area contributed by atoms with Gasteiger partial charge in [0.2, 0.25) is 5.91 Å². The number of amides is 1. The zero-order valence-electron chi connectivity index (χ0n) is 12.7. The van der Waals surface area contributed by atoms with Crippen LogP contribution in [0.2, 0.25) is 5.15 Å². The molecule has 1 unspecified atom stereocenters. The van der Waals surface area contributed by atoms with Crippen LogP contribution in [0.4, 0.5) is 23.2 Å². The molecule has 24 heavy (non-hydrogen) atoms. The molecule has 2 aromatic rings. The molecule has 0 aromatic carbocycles. The largest absolute Gasteiger partial charge is 0.389 e. The van der Waals surface area contributed by atoms with Crippen LogP contribution in [0.3, 0.4) is 0 Å². The van der Waals surface area contributed by atoms with Gasteiger partial charge in [0, 0.05) is 19.0 Å². The van der Waals surface area contributed by atoms with Crippen molar-refractivity contribution in [1.29, 1.82) is 0 Å². The SMILES string of the molecule is CC(CC(F)(F)F)C(=O)N(C)c1cn(-c2cncc(F)c2)nc1Cl. The van der Waals surface area contributed by atoms with Gasteiger partial charge < -0.3 is 4.90 Å². The summed E-state index contributed by atoms with van der Waals surface area (Å²) in [5.74, 6) is -2.62. The molecular weight excluding hydrogens is 352 g/mol. The first-order valence-electron chi connectivity index (χ1n) is 6.79. The van der Waals surface area contributed by atoms with E-state index in [1.54, 1.807) is 0 Å². The maximum Gasteiger partial charge on any atom is 0.389 e. The topological polar surface area (TPSA) is 51.0 Å². The van der Waals surface area contributed by atoms with E-state index in [-0.39, 0.29) is 16.5 Å². The van der Waals surface area contributed by atoms with Crippen molar-refractivity contribution in [3.05, 3.63) is 35.6 Å². The minimum atomic E-state index is -4.45. The van der Waals surface area contributed by atoms with Crippen LogP contribution in [0.15, 0.2) is 24.7 Å². The molecule has 1 amide bonds. The average Bonchev–Trinajstić information content (AvgIpc) is 2.86. The number of hydrogen-bond donors (Lipinski definition) is 0. The van der Waals surface area contributed by atoms with Crippen LogP contribution in [0.25, 0.3) is 5.69 Å². The highest BCUT2D eigenvalue weighted by Crippen LogP contribution is 2.29. The van der Waals surface area contributed by atoms with Crippen molar-refractivity contribution in [2.75, 3.05) is 11.9 Å². The summed E-state index contributed by atoms with van der Waals surface area (Å²) in [5, 5.41) is 3.82. The number of anilines is 1. The lowest BCUT2D eigenvalue weighted by Crippen LogP contribution is -2.33. The average molecular weight is 365 g/mol. The van der Waals surface area contributed by atoms with Gasteiger partial charge >= 0.3 is 6.18 Å². The first-order chi connectivity index (χ1) is 11.1. The summed E-state index contributed by atoms with van der Waals surface area (Å²) in [4.78, 5) is 16.8. The Balaban J connectivity index is 2.24. The van der Waals surface area contributed by atoms with Crippen LogP contribution in [-0.4, -0.2) is 33.9 Å². The number of carbonyl (C=O) groups excluding carboxylic acids is 1. The molecule has 5 nitrogen and oxygen atoms in total. The third kappa shape index (κ3) is 4.22. The molecule has 0 aliphatic heterocycles. The fraction of sp³-hybridized carbons (Fsp3) is 0.357. The van der Waals surface area contributed by atoms with Crippen molar-refractivity contribution < 1.29 is 22.4 Å². The first-order valence-corrected chi connectivity index (χ1v) is 7.16. The summed E-state index contributed by atoms with van der Waals surface area (Å²) >= 11 is 5.95. The van der Waals surface area contributed by atoms with Crippen molar-refractivity contribution in [2.24, 2.45) is 5.92 Å². The molecule has 0 aliphatic carbocycles. The molecule has 0 bridgehead atoms. The molecule has 10 heteroatoms. The van der Waals surface area contributed by atoms with Crippen molar-refractivity contribution in [2.45, 2.75) is 19.5 Å². The molecule has 2 aromatic heterocycles. The van der Waals surface area contributed by atoms with E-state index in [9.17, 15) is 22.4 Å². The van der Waals surface area contributed by atoms with E-state index in [0.717, 1.165) is 17.2 Å². The van der Waals surface area contributed by atoms with E-state index in [0.29, 0.717) is 0 Å². The highest BCUT2D eigenvalue weighted by atomic mass is 35.5. The van der Waals surface area contributed by atoms with Crippen LogP contribution in [-0.2, 0) is 4.79 Å². The standard InChI is InChI=1S/C14H13ClF4N4O/c1-8(4-14(17,18)19)13(24)22(2)11-7-23(21-12(11)15)10-3-9(16)5-20-6-10/h3,5-8H,4H2,1-2H3. The fourth-order valence-electron chi connectivity index (χ4n) is 2.11. The van der Waals surface area contributed by atoms with Gasteiger partial charge in [-0.25, -0.2) is 9.07 Å². The molecule has 0 fully saturated rings. The zero-order chi connectivity index (χ0) is 18.1. The summed E-state index contributed by atoms with van der Waals surface area (Å²) in [6.45, 7) is 1.18. The number of carbonyl (C=O) groups is 1. The number of aromatic nitrogens is 3. The van der Waals surface area contributed by atoms with Crippen LogP contribution >= 0.6 is 11.6 Å². The summed E-state index contributed by atoms with van der Waals surface area (Å²) in [6, 6.07) is 1.15. The predicted molar refractivity (Wildman–Crippen MR) is 79.6 cm³/mol. The van der Waals surface area contributed by atoms with Gasteiger partial charge in [0.15, 0.2) is 5.15 Å². The zero-order valence-corrected chi connectivity index (χ0v) is 13.4. The third-order valence-corrected chi connectivity index (χ3v) is 3.53. The first kappa shape index (κ1) is 18.2. The monoisotopic (exact) mass is 364 g/mol. The fourth-order valence-corrected chi connectivity index (χ4v) is 2.37. The van der Waals surface area contributed by atoms with Gasteiger partial charge in [0.25, 0.3) is 0 Å². The van der Waals surface area contributed by atoms with Crippen LogP contribution < -0.4 is 4.90 Å². The van der Waals surface area contributed by atoms with Crippen molar-refractivity contribution in [1.82, 2.24) is 14.8 Å². The van der Waals surface area contributed by atoms with Gasteiger partial charge in [-0.1, -0.05) is 18.5 Å². The Morgan fingerprint density at radius 2 is 2.08 bits per heavy atom. The number of hydrogen-bond acceptors (Lipinski definition) is 3. The minimum absolute atomic E-state index is 0.102. The van der Waals surface area contributed by atoms with Crippen molar-refractivity contribution in [3.8, 4) is 5.69 Å². The number of halogens is 5. The maximum absolute atomic E-state index is 13.2. The highest BCUT2D eigenvalue weighted by Gasteiger charge is 2.34. The summed E-state index contributed by atoms with van der Waals surface area (Å²) in [5.41, 5.74) is 0.368. The van der Waals surface area contributed by atoms with Gasteiger partial charge in [-0.2, -0.15) is 18.3 Å². The number of alkyl halides is 3. The minimum Gasteiger partial charge on any atom is -0.311 e. The smallest absolute Gasteiger partial charge is 0.311 e. The predicted octanol–water partition coefficient (Wildman–Crippen LogP) is 3.61. The normalized spacial score (nSPS) is 13.0. The molecule has 1 atom stereocenters.